The second kappa shape index (κ2) is 2.03. The minimum atomic E-state index is 0.534. The summed E-state index contributed by atoms with van der Waals surface area (Å²) in [4.78, 5) is 0. The van der Waals surface area contributed by atoms with Crippen LogP contribution < -0.4 is 0 Å². The maximum absolute atomic E-state index is 4.24. The van der Waals surface area contributed by atoms with Gasteiger partial charge in [-0.15, -0.1) is 0 Å². The van der Waals surface area contributed by atoms with E-state index in [0.29, 0.717) is 16.2 Å². The lowest BCUT2D eigenvalue weighted by atomic mass is 9.54. The Morgan fingerprint density at radius 2 is 1.36 bits per heavy atom. The Bertz CT molecular complexity index is 347. The summed E-state index contributed by atoms with van der Waals surface area (Å²) < 4.78 is 0. The molecule has 1 spiro atoms. The predicted molar refractivity (Wildman–Crippen MR) is 60.0 cm³/mol. The molecular weight excluding hydrogens is 168 g/mol. The zero-order chi connectivity index (χ0) is 10.2. The lowest BCUT2D eigenvalue weighted by Crippen LogP contribution is -2.41. The Balaban J connectivity index is 2.05. The standard InChI is InChI=1S/C14H20/c1-10(2)12-5-6-13(11(3)4)9-14(12,13)8-7-12/h1,3,5-9H2,2,4H3. The van der Waals surface area contributed by atoms with Crippen molar-refractivity contribution in [2.45, 2.75) is 46.0 Å². The van der Waals surface area contributed by atoms with Gasteiger partial charge in [0, 0.05) is 0 Å². The van der Waals surface area contributed by atoms with E-state index in [1.165, 1.54) is 43.3 Å². The Morgan fingerprint density at radius 3 is 1.64 bits per heavy atom. The Hall–Kier alpha value is -0.520. The van der Waals surface area contributed by atoms with Crippen molar-refractivity contribution in [1.82, 2.24) is 0 Å². The number of hydrogen-bond acceptors (Lipinski definition) is 0. The highest BCUT2D eigenvalue weighted by Crippen LogP contribution is 2.91. The molecule has 0 amide bonds. The summed E-state index contributed by atoms with van der Waals surface area (Å²) in [5, 5.41) is 0. The molecule has 3 atom stereocenters. The minimum absolute atomic E-state index is 0.534. The fraction of sp³-hybridized carbons (Fsp3) is 0.714. The quantitative estimate of drug-likeness (QED) is 0.573. The van der Waals surface area contributed by atoms with Gasteiger partial charge in [-0.25, -0.2) is 0 Å². The highest BCUT2D eigenvalue weighted by molar-refractivity contribution is 5.44. The van der Waals surface area contributed by atoms with Crippen molar-refractivity contribution >= 4 is 0 Å². The normalized spacial score (nSPS) is 53.0. The van der Waals surface area contributed by atoms with Crippen LogP contribution in [0.25, 0.3) is 0 Å². The first-order valence-electron chi connectivity index (χ1n) is 5.83. The van der Waals surface area contributed by atoms with Crippen LogP contribution >= 0.6 is 0 Å². The molecule has 0 heteroatoms. The van der Waals surface area contributed by atoms with Gasteiger partial charge in [0.1, 0.15) is 0 Å². The third-order valence-electron chi connectivity index (χ3n) is 5.90. The van der Waals surface area contributed by atoms with E-state index < -0.39 is 0 Å². The lowest BCUT2D eigenvalue weighted by molar-refractivity contribution is 0.0540. The molecule has 3 unspecified atom stereocenters. The Kier molecular flexibility index (Phi) is 1.27. The monoisotopic (exact) mass is 188 g/mol. The maximum Gasteiger partial charge on any atom is -0.00222 e. The summed E-state index contributed by atoms with van der Waals surface area (Å²) in [5.74, 6) is 0. The van der Waals surface area contributed by atoms with Crippen LogP contribution in [-0.2, 0) is 0 Å². The molecule has 0 aromatic carbocycles. The highest BCUT2D eigenvalue weighted by atomic mass is 14.9. The third-order valence-corrected chi connectivity index (χ3v) is 5.90. The van der Waals surface area contributed by atoms with Gasteiger partial charge in [-0.1, -0.05) is 24.3 Å². The largest absolute Gasteiger partial charge is 0.0996 e. The SMILES string of the molecule is C=C(C)C12CCC3(C(=C)C)CC13CC2. The van der Waals surface area contributed by atoms with Crippen LogP contribution in [0.5, 0.6) is 0 Å². The molecule has 0 aromatic heterocycles. The molecule has 0 heterocycles. The number of rotatable bonds is 2. The molecule has 0 radical (unpaired) electrons. The van der Waals surface area contributed by atoms with Crippen molar-refractivity contribution in [2.24, 2.45) is 16.2 Å². The van der Waals surface area contributed by atoms with Crippen molar-refractivity contribution in [3.8, 4) is 0 Å². The van der Waals surface area contributed by atoms with E-state index in [1.807, 2.05) is 0 Å². The number of hydrogen-bond donors (Lipinski definition) is 0. The van der Waals surface area contributed by atoms with Gasteiger partial charge in [0.05, 0.1) is 0 Å². The van der Waals surface area contributed by atoms with Crippen LogP contribution in [0, 0.1) is 16.2 Å². The van der Waals surface area contributed by atoms with Gasteiger partial charge in [0.15, 0.2) is 0 Å². The molecule has 76 valence electrons. The molecule has 3 aliphatic carbocycles. The Morgan fingerprint density at radius 1 is 0.857 bits per heavy atom. The molecule has 3 saturated carbocycles. The van der Waals surface area contributed by atoms with Crippen LogP contribution in [0.15, 0.2) is 24.3 Å². The fourth-order valence-electron chi connectivity index (χ4n) is 4.88. The summed E-state index contributed by atoms with van der Waals surface area (Å²) in [6.07, 6.45) is 7.02. The second-order valence-electron chi connectivity index (χ2n) is 5.98. The average molecular weight is 188 g/mol. The summed E-state index contributed by atoms with van der Waals surface area (Å²) in [6, 6.07) is 0. The molecule has 3 rings (SSSR count). The van der Waals surface area contributed by atoms with Crippen molar-refractivity contribution in [3.05, 3.63) is 24.3 Å². The van der Waals surface area contributed by atoms with Gasteiger partial charge < -0.3 is 0 Å². The van der Waals surface area contributed by atoms with E-state index in [1.54, 1.807) is 0 Å². The van der Waals surface area contributed by atoms with Crippen LogP contribution in [0.2, 0.25) is 0 Å². The van der Waals surface area contributed by atoms with Crippen LogP contribution in [0.3, 0.4) is 0 Å². The zero-order valence-electron chi connectivity index (χ0n) is 9.45. The van der Waals surface area contributed by atoms with E-state index in [4.69, 9.17) is 0 Å². The molecule has 0 saturated heterocycles. The van der Waals surface area contributed by atoms with Crippen molar-refractivity contribution in [2.75, 3.05) is 0 Å². The topological polar surface area (TPSA) is 0 Å². The van der Waals surface area contributed by atoms with E-state index in [9.17, 15) is 0 Å². The average Bonchev–Trinajstić information content (AvgIpc) is 2.71. The smallest absolute Gasteiger partial charge is 0.00222 e. The van der Waals surface area contributed by atoms with E-state index in [0.717, 1.165) is 0 Å². The number of allylic oxidation sites excluding steroid dienone is 2. The molecule has 0 aromatic rings. The van der Waals surface area contributed by atoms with E-state index >= 15 is 0 Å². The molecule has 3 aliphatic rings. The van der Waals surface area contributed by atoms with Crippen molar-refractivity contribution in [1.29, 1.82) is 0 Å². The highest BCUT2D eigenvalue weighted by Gasteiger charge is 2.83. The van der Waals surface area contributed by atoms with E-state index in [-0.39, 0.29) is 0 Å². The zero-order valence-corrected chi connectivity index (χ0v) is 9.45. The van der Waals surface area contributed by atoms with E-state index in [2.05, 4.69) is 27.0 Å². The van der Waals surface area contributed by atoms with Gasteiger partial charge in [-0.3, -0.25) is 0 Å². The minimum Gasteiger partial charge on any atom is -0.0996 e. The first-order chi connectivity index (χ1) is 6.51. The summed E-state index contributed by atoms with van der Waals surface area (Å²) in [5.41, 5.74) is 4.61. The van der Waals surface area contributed by atoms with Crippen molar-refractivity contribution < 1.29 is 0 Å². The van der Waals surface area contributed by atoms with Gasteiger partial charge in [0.2, 0.25) is 0 Å². The predicted octanol–water partition coefficient (Wildman–Crippen LogP) is 4.09. The lowest BCUT2D eigenvalue weighted by Gasteiger charge is -2.50. The summed E-state index contributed by atoms with van der Waals surface area (Å²) in [7, 11) is 0. The van der Waals surface area contributed by atoms with Crippen LogP contribution in [0.1, 0.15) is 46.0 Å². The summed E-state index contributed by atoms with van der Waals surface area (Å²) >= 11 is 0. The second-order valence-corrected chi connectivity index (χ2v) is 5.98. The molecule has 0 nitrogen and oxygen atoms in total. The first kappa shape index (κ1) is 8.76. The van der Waals surface area contributed by atoms with Gasteiger partial charge in [-0.2, -0.15) is 0 Å². The third kappa shape index (κ3) is 0.559. The molecule has 0 bridgehead atoms. The molecule has 14 heavy (non-hydrogen) atoms. The molecule has 3 fully saturated rings. The molecular formula is C14H20. The maximum atomic E-state index is 4.24. The van der Waals surface area contributed by atoms with Crippen LogP contribution in [-0.4, -0.2) is 0 Å². The van der Waals surface area contributed by atoms with Crippen LogP contribution in [0.4, 0.5) is 0 Å². The van der Waals surface area contributed by atoms with Gasteiger partial charge >= 0.3 is 0 Å². The van der Waals surface area contributed by atoms with Crippen molar-refractivity contribution in [3.63, 3.8) is 0 Å². The summed E-state index contributed by atoms with van der Waals surface area (Å²) in [6.45, 7) is 12.9. The Labute approximate surface area is 87.1 Å². The fourth-order valence-corrected chi connectivity index (χ4v) is 4.88. The van der Waals surface area contributed by atoms with Gasteiger partial charge in [0.25, 0.3) is 0 Å². The van der Waals surface area contributed by atoms with Gasteiger partial charge in [-0.05, 0) is 62.2 Å². The first-order valence-corrected chi connectivity index (χ1v) is 5.83. The molecule has 0 N–H and O–H groups in total. The molecule has 0 aliphatic heterocycles.